The van der Waals surface area contributed by atoms with Gasteiger partial charge in [0.1, 0.15) is 0 Å². The zero-order valence-corrected chi connectivity index (χ0v) is 10.7. The van der Waals surface area contributed by atoms with Crippen molar-refractivity contribution in [2.24, 2.45) is 5.92 Å². The van der Waals surface area contributed by atoms with E-state index in [1.807, 2.05) is 18.2 Å². The van der Waals surface area contributed by atoms with Crippen molar-refractivity contribution in [1.29, 1.82) is 0 Å². The summed E-state index contributed by atoms with van der Waals surface area (Å²) in [6.45, 7) is 5.52. The molecule has 0 bridgehead atoms. The van der Waals surface area contributed by atoms with Crippen LogP contribution in [0.3, 0.4) is 0 Å². The van der Waals surface area contributed by atoms with Gasteiger partial charge in [-0.1, -0.05) is 11.6 Å². The Morgan fingerprint density at radius 2 is 2.12 bits per heavy atom. The van der Waals surface area contributed by atoms with Crippen LogP contribution in [0.15, 0.2) is 18.2 Å². The maximum atomic E-state index is 6.25. The van der Waals surface area contributed by atoms with Gasteiger partial charge in [0.15, 0.2) is 0 Å². The summed E-state index contributed by atoms with van der Waals surface area (Å²) in [5, 5.41) is 0.759. The van der Waals surface area contributed by atoms with Crippen LogP contribution in [0.5, 0.6) is 0 Å². The lowest BCUT2D eigenvalue weighted by Crippen LogP contribution is -2.32. The van der Waals surface area contributed by atoms with Crippen molar-refractivity contribution < 1.29 is 0 Å². The molecule has 0 saturated heterocycles. The van der Waals surface area contributed by atoms with Gasteiger partial charge in [-0.2, -0.15) is 0 Å². The van der Waals surface area contributed by atoms with E-state index >= 15 is 0 Å². The van der Waals surface area contributed by atoms with Crippen molar-refractivity contribution in [1.82, 2.24) is 0 Å². The van der Waals surface area contributed by atoms with Gasteiger partial charge in [-0.25, -0.2) is 0 Å². The van der Waals surface area contributed by atoms with Crippen LogP contribution in [0.25, 0.3) is 0 Å². The Morgan fingerprint density at radius 1 is 1.44 bits per heavy atom. The molecule has 1 fully saturated rings. The van der Waals surface area contributed by atoms with E-state index in [0.29, 0.717) is 6.04 Å². The van der Waals surface area contributed by atoms with Crippen molar-refractivity contribution >= 4 is 23.0 Å². The molecule has 0 amide bonds. The minimum absolute atomic E-state index is 0.474. The van der Waals surface area contributed by atoms with Crippen LogP contribution in [0.2, 0.25) is 5.02 Å². The zero-order valence-electron chi connectivity index (χ0n) is 9.91. The van der Waals surface area contributed by atoms with Gasteiger partial charge in [0.05, 0.1) is 10.7 Å². The molecule has 0 heterocycles. The van der Waals surface area contributed by atoms with Gasteiger partial charge in [-0.05, 0) is 50.8 Å². The number of benzene rings is 1. The van der Waals surface area contributed by atoms with Gasteiger partial charge in [-0.15, -0.1) is 0 Å². The fourth-order valence-electron chi connectivity index (χ4n) is 1.92. The number of rotatable bonds is 4. The molecule has 0 aromatic heterocycles. The maximum absolute atomic E-state index is 6.25. The molecule has 16 heavy (non-hydrogen) atoms. The minimum Gasteiger partial charge on any atom is -0.399 e. The Labute approximate surface area is 102 Å². The van der Waals surface area contributed by atoms with Gasteiger partial charge in [0.25, 0.3) is 0 Å². The molecule has 3 heteroatoms. The quantitative estimate of drug-likeness (QED) is 0.813. The fourth-order valence-corrected chi connectivity index (χ4v) is 2.22. The molecule has 1 aromatic rings. The summed E-state index contributed by atoms with van der Waals surface area (Å²) in [7, 11) is 0. The number of nitrogens with two attached hydrogens (primary N) is 1. The monoisotopic (exact) mass is 238 g/mol. The highest BCUT2D eigenvalue weighted by atomic mass is 35.5. The highest BCUT2D eigenvalue weighted by Crippen LogP contribution is 2.35. The standard InChI is InChI=1S/C13H19ClN2/c1-9(2)16(8-10-3-4-10)13-6-5-11(15)7-12(13)14/h5-7,9-10H,3-4,8,15H2,1-2H3. The highest BCUT2D eigenvalue weighted by molar-refractivity contribution is 6.33. The number of nitrogens with zero attached hydrogens (tertiary/aromatic N) is 1. The summed E-state index contributed by atoms with van der Waals surface area (Å²) >= 11 is 6.25. The average molecular weight is 239 g/mol. The van der Waals surface area contributed by atoms with Crippen LogP contribution in [-0.2, 0) is 0 Å². The number of halogens is 1. The Morgan fingerprint density at radius 3 is 2.62 bits per heavy atom. The molecule has 2 N–H and O–H groups in total. The molecule has 0 aliphatic heterocycles. The predicted octanol–water partition coefficient (Wildman–Crippen LogP) is 3.55. The second-order valence-electron chi connectivity index (χ2n) is 4.90. The van der Waals surface area contributed by atoms with E-state index in [4.69, 9.17) is 17.3 Å². The van der Waals surface area contributed by atoms with E-state index in [-0.39, 0.29) is 0 Å². The molecule has 0 unspecified atom stereocenters. The molecule has 1 aliphatic rings. The Balaban J connectivity index is 2.22. The lowest BCUT2D eigenvalue weighted by molar-refractivity contribution is 0.645. The van der Waals surface area contributed by atoms with Crippen LogP contribution in [-0.4, -0.2) is 12.6 Å². The van der Waals surface area contributed by atoms with Gasteiger partial charge < -0.3 is 10.6 Å². The highest BCUT2D eigenvalue weighted by Gasteiger charge is 2.26. The summed E-state index contributed by atoms with van der Waals surface area (Å²) in [6.07, 6.45) is 2.71. The van der Waals surface area contributed by atoms with Crippen LogP contribution < -0.4 is 10.6 Å². The van der Waals surface area contributed by atoms with E-state index < -0.39 is 0 Å². The number of nitrogen functional groups attached to an aromatic ring is 1. The summed E-state index contributed by atoms with van der Waals surface area (Å²) in [4.78, 5) is 2.37. The number of hydrogen-bond acceptors (Lipinski definition) is 2. The summed E-state index contributed by atoms with van der Waals surface area (Å²) in [5.41, 5.74) is 7.55. The smallest absolute Gasteiger partial charge is 0.0660 e. The lowest BCUT2D eigenvalue weighted by Gasteiger charge is -2.30. The first kappa shape index (κ1) is 11.6. The molecule has 88 valence electrons. The molecule has 0 radical (unpaired) electrons. The molecular weight excluding hydrogens is 220 g/mol. The van der Waals surface area contributed by atoms with E-state index in [1.165, 1.54) is 12.8 Å². The van der Waals surface area contributed by atoms with E-state index in [1.54, 1.807) is 0 Å². The Hall–Kier alpha value is -0.890. The molecule has 0 spiro atoms. The fraction of sp³-hybridized carbons (Fsp3) is 0.538. The molecule has 0 atom stereocenters. The number of hydrogen-bond donors (Lipinski definition) is 1. The first-order valence-corrected chi connectivity index (χ1v) is 6.27. The van der Waals surface area contributed by atoms with E-state index in [9.17, 15) is 0 Å². The molecule has 2 nitrogen and oxygen atoms in total. The van der Waals surface area contributed by atoms with E-state index in [0.717, 1.165) is 28.9 Å². The second kappa shape index (κ2) is 4.54. The van der Waals surface area contributed by atoms with Gasteiger partial charge in [0.2, 0.25) is 0 Å². The topological polar surface area (TPSA) is 29.3 Å². The molecule has 1 aliphatic carbocycles. The Bertz CT molecular complexity index is 372. The minimum atomic E-state index is 0.474. The van der Waals surface area contributed by atoms with Crippen LogP contribution in [0.4, 0.5) is 11.4 Å². The largest absolute Gasteiger partial charge is 0.399 e. The van der Waals surface area contributed by atoms with Crippen LogP contribution in [0, 0.1) is 5.92 Å². The first-order valence-electron chi connectivity index (χ1n) is 5.89. The van der Waals surface area contributed by atoms with Crippen molar-refractivity contribution in [2.45, 2.75) is 32.7 Å². The summed E-state index contributed by atoms with van der Waals surface area (Å²) in [6, 6.07) is 6.25. The second-order valence-corrected chi connectivity index (χ2v) is 5.31. The normalized spacial score (nSPS) is 15.5. The first-order chi connectivity index (χ1) is 7.58. The average Bonchev–Trinajstić information content (AvgIpc) is 2.98. The lowest BCUT2D eigenvalue weighted by atomic mass is 10.2. The van der Waals surface area contributed by atoms with Crippen LogP contribution >= 0.6 is 11.6 Å². The van der Waals surface area contributed by atoms with E-state index in [2.05, 4.69) is 18.7 Å². The Kier molecular flexibility index (Phi) is 3.29. The molecular formula is C13H19ClN2. The van der Waals surface area contributed by atoms with Gasteiger partial charge in [-0.3, -0.25) is 0 Å². The molecule has 1 saturated carbocycles. The van der Waals surface area contributed by atoms with Gasteiger partial charge in [0, 0.05) is 18.3 Å². The third-order valence-electron chi connectivity index (χ3n) is 3.06. The summed E-state index contributed by atoms with van der Waals surface area (Å²) < 4.78 is 0. The van der Waals surface area contributed by atoms with Crippen molar-refractivity contribution in [3.63, 3.8) is 0 Å². The van der Waals surface area contributed by atoms with Crippen molar-refractivity contribution in [2.75, 3.05) is 17.2 Å². The third kappa shape index (κ3) is 2.62. The van der Waals surface area contributed by atoms with Crippen LogP contribution in [0.1, 0.15) is 26.7 Å². The number of anilines is 2. The molecule has 1 aromatic carbocycles. The van der Waals surface area contributed by atoms with Crippen molar-refractivity contribution in [3.05, 3.63) is 23.2 Å². The molecule has 2 rings (SSSR count). The third-order valence-corrected chi connectivity index (χ3v) is 3.36. The zero-order chi connectivity index (χ0) is 11.7. The van der Waals surface area contributed by atoms with Crippen molar-refractivity contribution in [3.8, 4) is 0 Å². The predicted molar refractivity (Wildman–Crippen MR) is 71.1 cm³/mol. The maximum Gasteiger partial charge on any atom is 0.0660 e. The van der Waals surface area contributed by atoms with Gasteiger partial charge >= 0.3 is 0 Å². The summed E-state index contributed by atoms with van der Waals surface area (Å²) in [5.74, 6) is 0.857. The SMILES string of the molecule is CC(C)N(CC1CC1)c1ccc(N)cc1Cl.